The zero-order chi connectivity index (χ0) is 19.9. The zero-order valence-corrected chi connectivity index (χ0v) is 16.0. The SMILES string of the molecule is O=C(COC(=O)C1CCN(c2ccccc2[N+](=O)[O-])CC1)NCc1cccs1. The Morgan fingerprint density at radius 1 is 1.21 bits per heavy atom. The first-order valence-electron chi connectivity index (χ1n) is 8.98. The number of benzene rings is 1. The van der Waals surface area contributed by atoms with Gasteiger partial charge in [0.1, 0.15) is 5.69 Å². The van der Waals surface area contributed by atoms with Crippen LogP contribution in [0.15, 0.2) is 41.8 Å². The van der Waals surface area contributed by atoms with E-state index in [1.165, 1.54) is 6.07 Å². The summed E-state index contributed by atoms with van der Waals surface area (Å²) in [5, 5.41) is 15.8. The van der Waals surface area contributed by atoms with Crippen LogP contribution in [0.5, 0.6) is 0 Å². The molecule has 0 aliphatic carbocycles. The summed E-state index contributed by atoms with van der Waals surface area (Å²) in [5.41, 5.74) is 0.623. The number of nitrogens with zero attached hydrogens (tertiary/aromatic N) is 2. The highest BCUT2D eigenvalue weighted by Crippen LogP contribution is 2.31. The average molecular weight is 403 g/mol. The standard InChI is InChI=1S/C19H21N3O5S/c23-18(20-12-15-4-3-11-28-15)13-27-19(24)14-7-9-21(10-8-14)16-5-1-2-6-17(16)22(25)26/h1-6,11,14H,7-10,12-13H2,(H,20,23). The number of rotatable bonds is 7. The van der Waals surface area contributed by atoms with Crippen LogP contribution in [0.1, 0.15) is 17.7 Å². The molecule has 1 aliphatic heterocycles. The summed E-state index contributed by atoms with van der Waals surface area (Å²) in [6, 6.07) is 10.4. The van der Waals surface area contributed by atoms with Gasteiger partial charge in [-0.1, -0.05) is 18.2 Å². The minimum Gasteiger partial charge on any atom is -0.455 e. The Morgan fingerprint density at radius 2 is 1.96 bits per heavy atom. The molecule has 0 saturated carbocycles. The maximum Gasteiger partial charge on any atom is 0.309 e. The van der Waals surface area contributed by atoms with Gasteiger partial charge in [0.05, 0.1) is 17.4 Å². The summed E-state index contributed by atoms with van der Waals surface area (Å²) < 4.78 is 5.14. The molecule has 1 aliphatic rings. The predicted molar refractivity (Wildman–Crippen MR) is 105 cm³/mol. The number of anilines is 1. The molecular weight excluding hydrogens is 382 g/mol. The summed E-state index contributed by atoms with van der Waals surface area (Å²) in [6.45, 7) is 1.17. The molecule has 8 nitrogen and oxygen atoms in total. The normalized spacial score (nSPS) is 14.5. The lowest BCUT2D eigenvalue weighted by atomic mass is 9.96. The van der Waals surface area contributed by atoms with Crippen molar-refractivity contribution < 1.29 is 19.2 Å². The van der Waals surface area contributed by atoms with E-state index in [1.54, 1.807) is 29.5 Å². The lowest BCUT2D eigenvalue weighted by Crippen LogP contribution is -2.38. The van der Waals surface area contributed by atoms with E-state index in [0.717, 1.165) is 4.88 Å². The summed E-state index contributed by atoms with van der Waals surface area (Å²) in [4.78, 5) is 37.8. The average Bonchev–Trinajstić information content (AvgIpc) is 3.24. The fourth-order valence-corrected chi connectivity index (χ4v) is 3.79. The van der Waals surface area contributed by atoms with Gasteiger partial charge in [0.2, 0.25) is 0 Å². The maximum absolute atomic E-state index is 12.2. The van der Waals surface area contributed by atoms with E-state index in [1.807, 2.05) is 22.4 Å². The Bertz CT molecular complexity index is 832. The molecule has 0 radical (unpaired) electrons. The van der Waals surface area contributed by atoms with E-state index in [9.17, 15) is 19.7 Å². The molecule has 2 heterocycles. The van der Waals surface area contributed by atoms with E-state index in [2.05, 4.69) is 5.32 Å². The molecule has 1 amide bonds. The number of amides is 1. The number of carbonyl (C=O) groups excluding carboxylic acids is 2. The van der Waals surface area contributed by atoms with Gasteiger partial charge in [0.25, 0.3) is 11.6 Å². The van der Waals surface area contributed by atoms with Crippen LogP contribution in [0.4, 0.5) is 11.4 Å². The molecule has 1 fully saturated rings. The van der Waals surface area contributed by atoms with Crippen molar-refractivity contribution in [3.8, 4) is 0 Å². The van der Waals surface area contributed by atoms with Gasteiger partial charge in [-0.05, 0) is 30.4 Å². The second-order valence-corrected chi connectivity index (χ2v) is 7.50. The molecule has 1 aromatic carbocycles. The van der Waals surface area contributed by atoms with Gasteiger partial charge < -0.3 is 15.0 Å². The predicted octanol–water partition coefficient (Wildman–Crippen LogP) is 2.73. The highest BCUT2D eigenvalue weighted by Gasteiger charge is 2.29. The fourth-order valence-electron chi connectivity index (χ4n) is 3.15. The lowest BCUT2D eigenvalue weighted by molar-refractivity contribution is -0.384. The highest BCUT2D eigenvalue weighted by atomic mass is 32.1. The van der Waals surface area contributed by atoms with Gasteiger partial charge in [-0.25, -0.2) is 0 Å². The third-order valence-electron chi connectivity index (χ3n) is 4.63. The number of ether oxygens (including phenoxy) is 1. The number of thiophene rings is 1. The maximum atomic E-state index is 12.2. The first-order valence-corrected chi connectivity index (χ1v) is 9.86. The molecule has 2 aromatic rings. The fraction of sp³-hybridized carbons (Fsp3) is 0.368. The number of nitro groups is 1. The first-order chi connectivity index (χ1) is 13.5. The van der Waals surface area contributed by atoms with Gasteiger partial charge in [0.15, 0.2) is 6.61 Å². The molecule has 1 saturated heterocycles. The number of para-hydroxylation sites is 2. The summed E-state index contributed by atoms with van der Waals surface area (Å²) in [6.07, 6.45) is 1.06. The molecule has 28 heavy (non-hydrogen) atoms. The lowest BCUT2D eigenvalue weighted by Gasteiger charge is -2.32. The van der Waals surface area contributed by atoms with Crippen molar-refractivity contribution in [2.45, 2.75) is 19.4 Å². The quantitative estimate of drug-likeness (QED) is 0.433. The van der Waals surface area contributed by atoms with Gasteiger partial charge in [-0.15, -0.1) is 11.3 Å². The number of hydrogen-bond acceptors (Lipinski definition) is 7. The summed E-state index contributed by atoms with van der Waals surface area (Å²) in [5.74, 6) is -1.03. The first kappa shape index (κ1) is 19.8. The van der Waals surface area contributed by atoms with Crippen LogP contribution < -0.4 is 10.2 Å². The molecule has 0 spiro atoms. The van der Waals surface area contributed by atoms with Crippen molar-refractivity contribution in [2.75, 3.05) is 24.6 Å². The number of hydrogen-bond donors (Lipinski definition) is 1. The van der Waals surface area contributed by atoms with E-state index < -0.39 is 10.9 Å². The topological polar surface area (TPSA) is 102 Å². The van der Waals surface area contributed by atoms with Crippen molar-refractivity contribution in [1.82, 2.24) is 5.32 Å². The van der Waals surface area contributed by atoms with Crippen LogP contribution in [-0.4, -0.2) is 36.5 Å². The Morgan fingerprint density at radius 3 is 2.64 bits per heavy atom. The van der Waals surface area contributed by atoms with Crippen molar-refractivity contribution in [3.63, 3.8) is 0 Å². The van der Waals surface area contributed by atoms with Gasteiger partial charge in [-0.2, -0.15) is 0 Å². The smallest absolute Gasteiger partial charge is 0.309 e. The number of esters is 1. The third-order valence-corrected chi connectivity index (χ3v) is 5.51. The molecular formula is C19H21N3O5S. The monoisotopic (exact) mass is 403 g/mol. The summed E-state index contributed by atoms with van der Waals surface area (Å²) >= 11 is 1.54. The zero-order valence-electron chi connectivity index (χ0n) is 15.2. The van der Waals surface area contributed by atoms with Gasteiger partial charge >= 0.3 is 5.97 Å². The Balaban J connectivity index is 1.44. The van der Waals surface area contributed by atoms with E-state index in [0.29, 0.717) is 38.2 Å². The van der Waals surface area contributed by atoms with E-state index >= 15 is 0 Å². The van der Waals surface area contributed by atoms with Crippen molar-refractivity contribution in [3.05, 3.63) is 56.8 Å². The van der Waals surface area contributed by atoms with Crippen LogP contribution in [0.3, 0.4) is 0 Å². The minimum atomic E-state index is -0.398. The Labute approximate surface area is 166 Å². The molecule has 1 N–H and O–H groups in total. The van der Waals surface area contributed by atoms with Crippen LogP contribution >= 0.6 is 11.3 Å². The Hall–Kier alpha value is -2.94. The minimum absolute atomic E-state index is 0.0611. The Kier molecular flexibility index (Phi) is 6.59. The van der Waals surface area contributed by atoms with Gasteiger partial charge in [-0.3, -0.25) is 19.7 Å². The van der Waals surface area contributed by atoms with Crippen LogP contribution in [0, 0.1) is 16.0 Å². The van der Waals surface area contributed by atoms with Crippen molar-refractivity contribution >= 4 is 34.6 Å². The number of piperidine rings is 1. The molecule has 0 unspecified atom stereocenters. The molecule has 1 aromatic heterocycles. The molecule has 9 heteroatoms. The van der Waals surface area contributed by atoms with Crippen molar-refractivity contribution in [2.24, 2.45) is 5.92 Å². The molecule has 0 atom stereocenters. The summed E-state index contributed by atoms with van der Waals surface area (Å²) in [7, 11) is 0. The molecule has 0 bridgehead atoms. The largest absolute Gasteiger partial charge is 0.455 e. The second kappa shape index (κ2) is 9.32. The number of nitro benzene ring substituents is 1. The number of nitrogens with one attached hydrogen (secondary N) is 1. The molecule has 148 valence electrons. The molecule has 3 rings (SSSR count). The highest BCUT2D eigenvalue weighted by molar-refractivity contribution is 7.09. The van der Waals surface area contributed by atoms with Crippen LogP contribution in [0.2, 0.25) is 0 Å². The van der Waals surface area contributed by atoms with Crippen LogP contribution in [-0.2, 0) is 20.9 Å². The van der Waals surface area contributed by atoms with E-state index in [4.69, 9.17) is 4.74 Å². The number of carbonyl (C=O) groups is 2. The second-order valence-electron chi connectivity index (χ2n) is 6.47. The van der Waals surface area contributed by atoms with Crippen molar-refractivity contribution in [1.29, 1.82) is 0 Å². The van der Waals surface area contributed by atoms with E-state index in [-0.39, 0.29) is 24.1 Å². The van der Waals surface area contributed by atoms with Crippen LogP contribution in [0.25, 0.3) is 0 Å². The third kappa shape index (κ3) is 5.07. The van der Waals surface area contributed by atoms with Gasteiger partial charge in [0, 0.05) is 24.0 Å².